The second-order valence-corrected chi connectivity index (χ2v) is 7.72. The van der Waals surface area contributed by atoms with Crippen LogP contribution in [0.15, 0.2) is 57.4 Å². The van der Waals surface area contributed by atoms with Gasteiger partial charge < -0.3 is 5.32 Å². The summed E-state index contributed by atoms with van der Waals surface area (Å²) < 4.78 is 15.9. The van der Waals surface area contributed by atoms with Gasteiger partial charge in [-0.2, -0.15) is 0 Å². The molecule has 0 aliphatic heterocycles. The number of nitrogens with one attached hydrogen (secondary N) is 1. The molecular formula is C17H13BrFN3O2S. The number of hydrogen-bond donors (Lipinski definition) is 1. The van der Waals surface area contributed by atoms with Gasteiger partial charge in [0.15, 0.2) is 0 Å². The Morgan fingerprint density at radius 1 is 1.32 bits per heavy atom. The summed E-state index contributed by atoms with van der Waals surface area (Å²) in [6.45, 7) is 1.82. The van der Waals surface area contributed by atoms with Crippen LogP contribution in [0.2, 0.25) is 0 Å². The number of para-hydroxylation sites is 1. The van der Waals surface area contributed by atoms with Crippen LogP contribution in [0, 0.1) is 5.82 Å². The number of carbonyl (C=O) groups excluding carboxylic acids is 1. The van der Waals surface area contributed by atoms with Crippen LogP contribution < -0.4 is 10.9 Å². The number of amides is 1. The van der Waals surface area contributed by atoms with Crippen molar-refractivity contribution in [1.29, 1.82) is 0 Å². The number of pyridine rings is 1. The first-order valence-corrected chi connectivity index (χ1v) is 8.96. The zero-order chi connectivity index (χ0) is 18.0. The summed E-state index contributed by atoms with van der Waals surface area (Å²) in [6, 6.07) is 8.27. The van der Waals surface area contributed by atoms with E-state index in [1.165, 1.54) is 47.9 Å². The molecule has 0 saturated heterocycles. The Balaban J connectivity index is 1.88. The van der Waals surface area contributed by atoms with Crippen LogP contribution in [0.1, 0.15) is 28.3 Å². The van der Waals surface area contributed by atoms with Crippen LogP contribution in [-0.4, -0.2) is 15.5 Å². The molecule has 3 aromatic rings. The Morgan fingerprint density at radius 3 is 2.76 bits per heavy atom. The van der Waals surface area contributed by atoms with Crippen molar-refractivity contribution in [3.05, 3.63) is 79.3 Å². The van der Waals surface area contributed by atoms with Crippen LogP contribution in [-0.2, 0) is 0 Å². The maximum Gasteiger partial charge on any atom is 0.255 e. The molecule has 0 radical (unpaired) electrons. The van der Waals surface area contributed by atoms with Gasteiger partial charge in [0.25, 0.3) is 11.5 Å². The summed E-state index contributed by atoms with van der Waals surface area (Å²) in [6.07, 6.45) is 3.00. The Kier molecular flexibility index (Phi) is 5.10. The third-order valence-electron chi connectivity index (χ3n) is 3.50. The Bertz CT molecular complexity index is 986. The maximum absolute atomic E-state index is 14.0. The first-order chi connectivity index (χ1) is 12.0. The number of thiazole rings is 1. The SMILES string of the molecule is C[C@@H](NC(=O)c1ccc(=O)n(-c2ccccc2F)c1)c1ncc(Br)s1. The van der Waals surface area contributed by atoms with E-state index in [1.807, 2.05) is 6.92 Å². The summed E-state index contributed by atoms with van der Waals surface area (Å²) in [7, 11) is 0. The van der Waals surface area contributed by atoms with Crippen molar-refractivity contribution in [1.82, 2.24) is 14.9 Å². The third-order valence-corrected chi connectivity index (χ3v) is 5.16. The van der Waals surface area contributed by atoms with Crippen molar-refractivity contribution in [2.24, 2.45) is 0 Å². The van der Waals surface area contributed by atoms with Crippen LogP contribution in [0.3, 0.4) is 0 Å². The van der Waals surface area contributed by atoms with Crippen LogP contribution in [0.25, 0.3) is 5.69 Å². The molecule has 1 N–H and O–H groups in total. The van der Waals surface area contributed by atoms with Crippen molar-refractivity contribution in [2.45, 2.75) is 13.0 Å². The quantitative estimate of drug-likeness (QED) is 0.698. The van der Waals surface area contributed by atoms with E-state index in [2.05, 4.69) is 26.2 Å². The van der Waals surface area contributed by atoms with Crippen molar-refractivity contribution in [3.63, 3.8) is 0 Å². The molecule has 3 rings (SSSR count). The minimum atomic E-state index is -0.539. The second kappa shape index (κ2) is 7.28. The number of halogens is 2. The maximum atomic E-state index is 14.0. The van der Waals surface area contributed by atoms with E-state index in [-0.39, 0.29) is 23.2 Å². The van der Waals surface area contributed by atoms with Gasteiger partial charge in [-0.3, -0.25) is 14.2 Å². The van der Waals surface area contributed by atoms with E-state index >= 15 is 0 Å². The Hall–Kier alpha value is -2.32. The molecule has 1 aromatic carbocycles. The molecule has 0 fully saturated rings. The van der Waals surface area contributed by atoms with Crippen LogP contribution in [0.5, 0.6) is 0 Å². The van der Waals surface area contributed by atoms with E-state index in [0.29, 0.717) is 0 Å². The molecule has 2 heterocycles. The lowest BCUT2D eigenvalue weighted by molar-refractivity contribution is 0.0939. The van der Waals surface area contributed by atoms with Gasteiger partial charge in [0, 0.05) is 12.3 Å². The third kappa shape index (κ3) is 3.85. The molecule has 128 valence electrons. The lowest BCUT2D eigenvalue weighted by Gasteiger charge is -2.13. The number of rotatable bonds is 4. The van der Waals surface area contributed by atoms with Crippen molar-refractivity contribution >= 4 is 33.2 Å². The largest absolute Gasteiger partial charge is 0.343 e. The standard InChI is InChI=1S/C17H13BrFN3O2S/c1-10(17-20-8-14(18)25-17)21-16(24)11-6-7-15(23)22(9-11)13-5-3-2-4-12(13)19/h2-10H,1H3,(H,21,24)/t10-/m1/s1. The van der Waals surface area contributed by atoms with Crippen LogP contribution >= 0.6 is 27.3 Å². The van der Waals surface area contributed by atoms with Crippen LogP contribution in [0.4, 0.5) is 4.39 Å². The molecule has 0 aliphatic carbocycles. The Labute approximate surface area is 155 Å². The smallest absolute Gasteiger partial charge is 0.255 e. The van der Waals surface area contributed by atoms with Gasteiger partial charge in [-0.25, -0.2) is 9.37 Å². The molecule has 0 spiro atoms. The highest BCUT2D eigenvalue weighted by atomic mass is 79.9. The van der Waals surface area contributed by atoms with Gasteiger partial charge in [0.05, 0.1) is 27.3 Å². The summed E-state index contributed by atoms with van der Waals surface area (Å²) in [4.78, 5) is 28.7. The lowest BCUT2D eigenvalue weighted by atomic mass is 10.2. The minimum absolute atomic E-state index is 0.0963. The number of carbonyl (C=O) groups is 1. The molecule has 5 nitrogen and oxygen atoms in total. The average molecular weight is 422 g/mol. The highest BCUT2D eigenvalue weighted by Gasteiger charge is 2.16. The number of nitrogens with zero attached hydrogens (tertiary/aromatic N) is 2. The summed E-state index contributed by atoms with van der Waals surface area (Å²) >= 11 is 4.75. The van der Waals surface area contributed by atoms with Gasteiger partial charge in [0.2, 0.25) is 0 Å². The first-order valence-electron chi connectivity index (χ1n) is 7.35. The molecule has 0 bridgehead atoms. The van der Waals surface area contributed by atoms with Gasteiger partial charge in [0.1, 0.15) is 10.8 Å². The highest BCUT2D eigenvalue weighted by molar-refractivity contribution is 9.11. The molecule has 2 aromatic heterocycles. The first kappa shape index (κ1) is 17.5. The normalized spacial score (nSPS) is 12.0. The number of benzene rings is 1. The summed E-state index contributed by atoms with van der Waals surface area (Å²) in [5.74, 6) is -0.910. The molecule has 8 heteroatoms. The topological polar surface area (TPSA) is 64.0 Å². The predicted molar refractivity (Wildman–Crippen MR) is 97.7 cm³/mol. The summed E-state index contributed by atoms with van der Waals surface area (Å²) in [5.41, 5.74) is -0.0667. The number of aromatic nitrogens is 2. The average Bonchev–Trinajstić information content (AvgIpc) is 3.02. The Morgan fingerprint density at radius 2 is 2.08 bits per heavy atom. The van der Waals surface area contributed by atoms with Gasteiger partial charge in [-0.15, -0.1) is 11.3 Å². The molecule has 1 amide bonds. The highest BCUT2D eigenvalue weighted by Crippen LogP contribution is 2.24. The fourth-order valence-corrected chi connectivity index (χ4v) is 3.51. The summed E-state index contributed by atoms with van der Waals surface area (Å²) in [5, 5.41) is 3.57. The van der Waals surface area contributed by atoms with E-state index in [9.17, 15) is 14.0 Å². The predicted octanol–water partition coefficient (Wildman–Crippen LogP) is 3.69. The van der Waals surface area contributed by atoms with Crippen molar-refractivity contribution in [3.8, 4) is 5.69 Å². The molecule has 25 heavy (non-hydrogen) atoms. The molecular weight excluding hydrogens is 409 g/mol. The van der Waals surface area contributed by atoms with E-state index < -0.39 is 11.4 Å². The fourth-order valence-electron chi connectivity index (χ4n) is 2.27. The second-order valence-electron chi connectivity index (χ2n) is 5.28. The zero-order valence-corrected chi connectivity index (χ0v) is 15.5. The fraction of sp³-hybridized carbons (Fsp3) is 0.118. The number of hydrogen-bond acceptors (Lipinski definition) is 4. The van der Waals surface area contributed by atoms with Gasteiger partial charge in [-0.1, -0.05) is 12.1 Å². The van der Waals surface area contributed by atoms with E-state index in [4.69, 9.17) is 0 Å². The molecule has 0 saturated carbocycles. The van der Waals surface area contributed by atoms with Gasteiger partial charge in [-0.05, 0) is 41.1 Å². The molecule has 1 atom stereocenters. The monoisotopic (exact) mass is 421 g/mol. The van der Waals surface area contributed by atoms with E-state index in [0.717, 1.165) is 13.4 Å². The van der Waals surface area contributed by atoms with E-state index in [1.54, 1.807) is 12.3 Å². The van der Waals surface area contributed by atoms with Crippen molar-refractivity contribution < 1.29 is 9.18 Å². The minimum Gasteiger partial charge on any atom is -0.343 e. The zero-order valence-electron chi connectivity index (χ0n) is 13.1. The molecule has 0 unspecified atom stereocenters. The molecule has 0 aliphatic rings. The lowest BCUT2D eigenvalue weighted by Crippen LogP contribution is -2.28. The van der Waals surface area contributed by atoms with Crippen molar-refractivity contribution in [2.75, 3.05) is 0 Å². The van der Waals surface area contributed by atoms with Gasteiger partial charge >= 0.3 is 0 Å².